The van der Waals surface area contributed by atoms with Gasteiger partial charge < -0.3 is 5.73 Å². The van der Waals surface area contributed by atoms with Crippen LogP contribution in [0.4, 0.5) is 5.69 Å². The van der Waals surface area contributed by atoms with E-state index in [9.17, 15) is 0 Å². The maximum atomic E-state index is 6.31. The lowest BCUT2D eigenvalue weighted by Gasteiger charge is -2.16. The van der Waals surface area contributed by atoms with Crippen molar-refractivity contribution in [3.8, 4) is 33.4 Å². The zero-order chi connectivity index (χ0) is 30.9. The maximum absolute atomic E-state index is 6.31. The molecule has 7 aromatic rings. The summed E-state index contributed by atoms with van der Waals surface area (Å²) in [5.41, 5.74) is 19.2. The molecule has 0 bridgehead atoms. The van der Waals surface area contributed by atoms with E-state index >= 15 is 0 Å². The van der Waals surface area contributed by atoms with E-state index in [0.29, 0.717) is 0 Å². The van der Waals surface area contributed by atoms with Crippen molar-refractivity contribution in [2.24, 2.45) is 0 Å². The Morgan fingerprint density at radius 2 is 1.07 bits per heavy atom. The van der Waals surface area contributed by atoms with Crippen LogP contribution in [-0.2, 0) is 0 Å². The van der Waals surface area contributed by atoms with Gasteiger partial charge in [-0.25, -0.2) is 0 Å². The molecule has 1 nitrogen and oxygen atoms in total. The number of hydrogen-bond acceptors (Lipinski definition) is 1. The fraction of sp³-hybridized carbons (Fsp3) is 0.0222. The van der Waals surface area contributed by atoms with Crippen LogP contribution < -0.4 is 16.2 Å². The Morgan fingerprint density at radius 1 is 0.435 bits per heavy atom. The van der Waals surface area contributed by atoms with Crippen LogP contribution in [0.15, 0.2) is 170 Å². The van der Waals surface area contributed by atoms with Gasteiger partial charge in [-0.15, -0.1) is 0 Å². The molecule has 0 unspecified atom stereocenters. The van der Waals surface area contributed by atoms with Crippen molar-refractivity contribution in [1.82, 2.24) is 0 Å². The van der Waals surface area contributed by atoms with Crippen LogP contribution in [0.1, 0.15) is 17.5 Å². The van der Waals surface area contributed by atoms with Crippen LogP contribution in [0.2, 0.25) is 0 Å². The number of allylic oxidation sites excluding steroid dienone is 2. The van der Waals surface area contributed by atoms with Gasteiger partial charge in [0.15, 0.2) is 0 Å². The van der Waals surface area contributed by atoms with E-state index in [4.69, 9.17) is 5.73 Å². The van der Waals surface area contributed by atoms with Crippen molar-refractivity contribution in [3.63, 3.8) is 0 Å². The zero-order valence-electron chi connectivity index (χ0n) is 25.5. The molecule has 2 N–H and O–H groups in total. The van der Waals surface area contributed by atoms with Crippen molar-refractivity contribution in [2.75, 3.05) is 5.73 Å². The van der Waals surface area contributed by atoms with Crippen molar-refractivity contribution in [2.45, 2.75) is 6.42 Å². The molecule has 0 radical (unpaired) electrons. The summed E-state index contributed by atoms with van der Waals surface area (Å²) >= 11 is 0. The van der Waals surface area contributed by atoms with E-state index in [1.54, 1.807) is 0 Å². The molecule has 1 aliphatic rings. The Morgan fingerprint density at radius 3 is 1.87 bits per heavy atom. The molecule has 1 aliphatic carbocycles. The van der Waals surface area contributed by atoms with Crippen molar-refractivity contribution >= 4 is 33.7 Å². The maximum Gasteiger partial charge on any atom is 0.0393 e. The average molecular weight is 588 g/mol. The summed E-state index contributed by atoms with van der Waals surface area (Å²) in [5, 5.41) is 5.02. The molecular formula is C45H33N. The van der Waals surface area contributed by atoms with Crippen LogP contribution in [0, 0.1) is 0 Å². The van der Waals surface area contributed by atoms with Crippen LogP contribution in [0.3, 0.4) is 0 Å². The summed E-state index contributed by atoms with van der Waals surface area (Å²) in [6.07, 6.45) is 5.64. The third-order valence-corrected chi connectivity index (χ3v) is 9.14. The number of anilines is 1. The van der Waals surface area contributed by atoms with Crippen LogP contribution in [0.25, 0.3) is 61.4 Å². The lowest BCUT2D eigenvalue weighted by atomic mass is 9.88. The number of benzene rings is 7. The number of nitrogen functional groups attached to an aromatic ring is 1. The monoisotopic (exact) mass is 587 g/mol. The van der Waals surface area contributed by atoms with E-state index in [2.05, 4.69) is 158 Å². The third kappa shape index (κ3) is 5.12. The molecular weight excluding hydrogens is 555 g/mol. The van der Waals surface area contributed by atoms with Gasteiger partial charge in [0.2, 0.25) is 0 Å². The highest BCUT2D eigenvalue weighted by molar-refractivity contribution is 6.04. The van der Waals surface area contributed by atoms with Crippen LogP contribution in [0.5, 0.6) is 0 Å². The normalized spacial score (nSPS) is 12.6. The van der Waals surface area contributed by atoms with Crippen LogP contribution in [-0.4, -0.2) is 0 Å². The molecule has 0 saturated carbocycles. The highest BCUT2D eigenvalue weighted by atomic mass is 14.6. The number of rotatable bonds is 5. The van der Waals surface area contributed by atoms with Crippen molar-refractivity contribution in [1.29, 1.82) is 0 Å². The summed E-state index contributed by atoms with van der Waals surface area (Å²) < 4.78 is 0. The summed E-state index contributed by atoms with van der Waals surface area (Å²) in [5.74, 6) is 0. The van der Waals surface area contributed by atoms with E-state index in [1.807, 2.05) is 18.2 Å². The smallest absolute Gasteiger partial charge is 0.0393 e. The predicted octanol–water partition coefficient (Wildman–Crippen LogP) is 9.89. The minimum atomic E-state index is 0.791. The Balaban J connectivity index is 1.25. The molecule has 0 spiro atoms. The molecule has 218 valence electrons. The minimum absolute atomic E-state index is 0.791. The predicted molar refractivity (Wildman–Crippen MR) is 196 cm³/mol. The number of fused-ring (bicyclic) bond motifs is 2. The standard InChI is InChI=1S/C45H33N/c46-44-17-9-8-15-40(44)34-22-25-37(26-23-34)45-41-16-7-5-13-33(41)28-29-42(45)35-18-20-36(21-19-35)43-30-38(31-10-2-1-3-11-31)27-24-32-12-4-6-14-39(32)43/h1-26,28-30H,27,46H2. The summed E-state index contributed by atoms with van der Waals surface area (Å²) in [4.78, 5) is 0. The topological polar surface area (TPSA) is 26.0 Å². The Labute approximate surface area is 269 Å². The summed E-state index contributed by atoms with van der Waals surface area (Å²) in [6, 6.07) is 58.7. The number of nitrogens with two attached hydrogens (primary N) is 1. The Kier molecular flexibility index (Phi) is 7.13. The zero-order valence-corrected chi connectivity index (χ0v) is 25.5. The van der Waals surface area contributed by atoms with E-state index < -0.39 is 0 Å². The van der Waals surface area contributed by atoms with Gasteiger partial charge in [-0.05, 0) is 89.9 Å². The molecule has 0 aliphatic heterocycles. The second-order valence-electron chi connectivity index (χ2n) is 11.9. The fourth-order valence-corrected chi connectivity index (χ4v) is 6.77. The lowest BCUT2D eigenvalue weighted by molar-refractivity contribution is 1.44. The Bertz CT molecular complexity index is 2360. The molecule has 0 fully saturated rings. The first kappa shape index (κ1) is 27.6. The van der Waals surface area contributed by atoms with Gasteiger partial charge in [0.05, 0.1) is 0 Å². The minimum Gasteiger partial charge on any atom is -0.398 e. The molecule has 46 heavy (non-hydrogen) atoms. The van der Waals surface area contributed by atoms with E-state index in [1.165, 1.54) is 65.7 Å². The summed E-state index contributed by atoms with van der Waals surface area (Å²) in [7, 11) is 0. The second-order valence-corrected chi connectivity index (χ2v) is 11.9. The molecule has 0 atom stereocenters. The molecule has 0 heterocycles. The van der Waals surface area contributed by atoms with E-state index in [0.717, 1.165) is 23.2 Å². The third-order valence-electron chi connectivity index (χ3n) is 9.14. The van der Waals surface area contributed by atoms with Gasteiger partial charge in [-0.2, -0.15) is 0 Å². The quantitative estimate of drug-likeness (QED) is 0.199. The fourth-order valence-electron chi connectivity index (χ4n) is 6.77. The largest absolute Gasteiger partial charge is 0.398 e. The van der Waals surface area contributed by atoms with Crippen molar-refractivity contribution in [3.05, 3.63) is 191 Å². The molecule has 0 aromatic heterocycles. The first-order valence-corrected chi connectivity index (χ1v) is 15.9. The average Bonchev–Trinajstić information content (AvgIpc) is 3.32. The summed E-state index contributed by atoms with van der Waals surface area (Å²) in [6.45, 7) is 0. The lowest BCUT2D eigenvalue weighted by Crippen LogP contribution is -2.25. The molecule has 1 heteroatoms. The van der Waals surface area contributed by atoms with Gasteiger partial charge in [0.1, 0.15) is 0 Å². The van der Waals surface area contributed by atoms with Gasteiger partial charge in [0, 0.05) is 11.3 Å². The van der Waals surface area contributed by atoms with E-state index in [-0.39, 0.29) is 0 Å². The molecule has 7 aromatic carbocycles. The first-order chi connectivity index (χ1) is 22.7. The second kappa shape index (κ2) is 11.9. The molecule has 0 amide bonds. The highest BCUT2D eigenvalue weighted by Crippen LogP contribution is 2.39. The van der Waals surface area contributed by atoms with Gasteiger partial charge in [-0.3, -0.25) is 0 Å². The Hall–Kier alpha value is -5.92. The highest BCUT2D eigenvalue weighted by Gasteiger charge is 2.14. The number of hydrogen-bond donors (Lipinski definition) is 1. The first-order valence-electron chi connectivity index (χ1n) is 15.9. The molecule has 0 saturated heterocycles. The molecule has 8 rings (SSSR count). The van der Waals surface area contributed by atoms with Gasteiger partial charge >= 0.3 is 0 Å². The van der Waals surface area contributed by atoms with Gasteiger partial charge in [-0.1, -0.05) is 164 Å². The van der Waals surface area contributed by atoms with Crippen LogP contribution >= 0.6 is 0 Å². The van der Waals surface area contributed by atoms with Crippen molar-refractivity contribution < 1.29 is 0 Å². The number of para-hydroxylation sites is 1. The SMILES string of the molecule is Nc1ccccc1-c1ccc(-c2c(-c3ccc(C4=c5ccccc5=CCC(c5ccccc5)=C4)cc3)ccc3ccccc23)cc1. The van der Waals surface area contributed by atoms with Gasteiger partial charge in [0.25, 0.3) is 0 Å².